The molecule has 1 saturated carbocycles. The average molecular weight is 226 g/mol. The largest absolute Gasteiger partial charge is 0.380 e. The van der Waals surface area contributed by atoms with E-state index < -0.39 is 0 Å². The summed E-state index contributed by atoms with van der Waals surface area (Å²) in [6.45, 7) is 5.39. The van der Waals surface area contributed by atoms with Gasteiger partial charge in [-0.15, -0.1) is 0 Å². The molecule has 3 heteroatoms. The number of ether oxygens (including phenoxy) is 1. The van der Waals surface area contributed by atoms with Crippen molar-refractivity contribution in [2.75, 3.05) is 26.7 Å². The molecular formula is C13H26N2O. The third-order valence-corrected chi connectivity index (χ3v) is 4.64. The summed E-state index contributed by atoms with van der Waals surface area (Å²) in [4.78, 5) is 2.63. The van der Waals surface area contributed by atoms with E-state index in [1.54, 1.807) is 0 Å². The monoisotopic (exact) mass is 226 g/mol. The van der Waals surface area contributed by atoms with Crippen molar-refractivity contribution in [2.45, 2.75) is 50.7 Å². The zero-order valence-electron chi connectivity index (χ0n) is 10.7. The van der Waals surface area contributed by atoms with Crippen molar-refractivity contribution in [1.82, 2.24) is 4.90 Å². The van der Waals surface area contributed by atoms with Gasteiger partial charge in [0.25, 0.3) is 0 Å². The van der Waals surface area contributed by atoms with Crippen LogP contribution in [0.25, 0.3) is 0 Å². The first-order chi connectivity index (χ1) is 7.76. The summed E-state index contributed by atoms with van der Waals surface area (Å²) in [5.74, 6) is 0.845. The van der Waals surface area contributed by atoms with Crippen LogP contribution in [0.5, 0.6) is 0 Å². The summed E-state index contributed by atoms with van der Waals surface area (Å²) in [6, 6.07) is 0. The molecule has 0 aromatic heterocycles. The lowest BCUT2D eigenvalue weighted by molar-refractivity contribution is -0.0271. The standard InChI is InChI=1S/C13H26N2O/c1-3-13(10-14,11-6-7-11)15-8-4-5-12(9-15)16-2/h11-12H,3-10,14H2,1-2H3. The van der Waals surface area contributed by atoms with E-state index >= 15 is 0 Å². The van der Waals surface area contributed by atoms with Crippen LogP contribution in [0.15, 0.2) is 0 Å². The molecule has 1 aliphatic heterocycles. The van der Waals surface area contributed by atoms with Crippen molar-refractivity contribution < 1.29 is 4.74 Å². The van der Waals surface area contributed by atoms with Gasteiger partial charge in [0.2, 0.25) is 0 Å². The summed E-state index contributed by atoms with van der Waals surface area (Å²) in [5.41, 5.74) is 6.37. The van der Waals surface area contributed by atoms with Crippen molar-refractivity contribution >= 4 is 0 Å². The highest BCUT2D eigenvalue weighted by molar-refractivity contribution is 5.03. The van der Waals surface area contributed by atoms with Crippen LogP contribution in [0.3, 0.4) is 0 Å². The molecular weight excluding hydrogens is 200 g/mol. The Labute approximate surface area is 99.3 Å². The maximum Gasteiger partial charge on any atom is 0.0698 e. The second-order valence-corrected chi connectivity index (χ2v) is 5.38. The third-order valence-electron chi connectivity index (χ3n) is 4.64. The van der Waals surface area contributed by atoms with E-state index in [0.29, 0.717) is 6.10 Å². The highest BCUT2D eigenvalue weighted by atomic mass is 16.5. The van der Waals surface area contributed by atoms with E-state index in [1.165, 1.54) is 38.6 Å². The first kappa shape index (κ1) is 12.3. The first-order valence-corrected chi connectivity index (χ1v) is 6.74. The van der Waals surface area contributed by atoms with Crippen molar-refractivity contribution in [2.24, 2.45) is 11.7 Å². The Balaban J connectivity index is 2.06. The van der Waals surface area contributed by atoms with Gasteiger partial charge in [-0.3, -0.25) is 4.90 Å². The topological polar surface area (TPSA) is 38.5 Å². The van der Waals surface area contributed by atoms with E-state index in [-0.39, 0.29) is 5.54 Å². The first-order valence-electron chi connectivity index (χ1n) is 6.74. The molecule has 3 nitrogen and oxygen atoms in total. The number of nitrogens with two attached hydrogens (primary N) is 1. The molecule has 0 aromatic carbocycles. The van der Waals surface area contributed by atoms with Crippen molar-refractivity contribution in [3.05, 3.63) is 0 Å². The molecule has 0 aromatic rings. The van der Waals surface area contributed by atoms with Gasteiger partial charge in [0, 0.05) is 25.7 Å². The van der Waals surface area contributed by atoms with Crippen LogP contribution in [-0.4, -0.2) is 43.3 Å². The fraction of sp³-hybridized carbons (Fsp3) is 1.00. The smallest absolute Gasteiger partial charge is 0.0698 e. The Morgan fingerprint density at radius 2 is 2.12 bits per heavy atom. The summed E-state index contributed by atoms with van der Waals surface area (Å²) >= 11 is 0. The minimum atomic E-state index is 0.275. The van der Waals surface area contributed by atoms with E-state index in [4.69, 9.17) is 10.5 Å². The van der Waals surface area contributed by atoms with Crippen LogP contribution in [0.4, 0.5) is 0 Å². The zero-order chi connectivity index (χ0) is 11.6. The van der Waals surface area contributed by atoms with Gasteiger partial charge < -0.3 is 10.5 Å². The van der Waals surface area contributed by atoms with E-state index in [1.807, 2.05) is 7.11 Å². The summed E-state index contributed by atoms with van der Waals surface area (Å²) in [5, 5.41) is 0. The number of methoxy groups -OCH3 is 1. The molecule has 1 heterocycles. The van der Waals surface area contributed by atoms with Gasteiger partial charge in [0.15, 0.2) is 0 Å². The molecule has 0 bridgehead atoms. The molecule has 2 atom stereocenters. The van der Waals surface area contributed by atoms with Gasteiger partial charge in [-0.05, 0) is 44.6 Å². The van der Waals surface area contributed by atoms with Gasteiger partial charge in [-0.2, -0.15) is 0 Å². The normalized spacial score (nSPS) is 31.3. The SMILES string of the molecule is CCC(CN)(C1CC1)N1CCCC(OC)C1. The van der Waals surface area contributed by atoms with Crippen molar-refractivity contribution in [3.63, 3.8) is 0 Å². The molecule has 0 amide bonds. The van der Waals surface area contributed by atoms with Crippen LogP contribution in [0.1, 0.15) is 39.0 Å². The van der Waals surface area contributed by atoms with Gasteiger partial charge in [-0.25, -0.2) is 0 Å². The molecule has 94 valence electrons. The number of likely N-dealkylation sites (tertiary alicyclic amines) is 1. The Bertz CT molecular complexity index is 224. The Kier molecular flexibility index (Phi) is 3.88. The number of piperidine rings is 1. The lowest BCUT2D eigenvalue weighted by Gasteiger charge is -2.47. The molecule has 1 saturated heterocycles. The second-order valence-electron chi connectivity index (χ2n) is 5.38. The number of rotatable bonds is 5. The Hall–Kier alpha value is -0.120. The molecule has 2 fully saturated rings. The number of nitrogens with zero attached hydrogens (tertiary/aromatic N) is 1. The molecule has 2 rings (SSSR count). The van der Waals surface area contributed by atoms with Gasteiger partial charge >= 0.3 is 0 Å². The number of hydrogen-bond donors (Lipinski definition) is 1. The molecule has 1 aliphatic carbocycles. The quantitative estimate of drug-likeness (QED) is 0.774. The van der Waals surface area contributed by atoms with Gasteiger partial charge in [0.1, 0.15) is 0 Å². The van der Waals surface area contributed by atoms with Gasteiger partial charge in [-0.1, -0.05) is 6.92 Å². The Morgan fingerprint density at radius 1 is 1.38 bits per heavy atom. The molecule has 2 aliphatic rings. The average Bonchev–Trinajstić information content (AvgIpc) is 3.17. The van der Waals surface area contributed by atoms with E-state index in [9.17, 15) is 0 Å². The number of hydrogen-bond acceptors (Lipinski definition) is 3. The lowest BCUT2D eigenvalue weighted by Crippen LogP contribution is -2.59. The van der Waals surface area contributed by atoms with Crippen LogP contribution in [0, 0.1) is 5.92 Å². The summed E-state index contributed by atoms with van der Waals surface area (Å²) in [6.07, 6.45) is 6.82. The maximum atomic E-state index is 6.09. The highest BCUT2D eigenvalue weighted by Crippen LogP contribution is 2.45. The fourth-order valence-electron chi connectivity index (χ4n) is 3.37. The Morgan fingerprint density at radius 3 is 2.62 bits per heavy atom. The van der Waals surface area contributed by atoms with Crippen LogP contribution in [-0.2, 0) is 4.74 Å². The molecule has 2 N–H and O–H groups in total. The van der Waals surface area contributed by atoms with E-state index in [2.05, 4.69) is 11.8 Å². The predicted molar refractivity (Wildman–Crippen MR) is 66.4 cm³/mol. The van der Waals surface area contributed by atoms with Crippen LogP contribution < -0.4 is 5.73 Å². The highest BCUT2D eigenvalue weighted by Gasteiger charge is 2.47. The minimum Gasteiger partial charge on any atom is -0.380 e. The van der Waals surface area contributed by atoms with Crippen molar-refractivity contribution in [3.8, 4) is 0 Å². The third kappa shape index (κ3) is 2.13. The summed E-state index contributed by atoms with van der Waals surface area (Å²) < 4.78 is 5.52. The molecule has 2 unspecified atom stereocenters. The molecule has 0 radical (unpaired) electrons. The lowest BCUT2D eigenvalue weighted by atomic mass is 9.86. The summed E-state index contributed by atoms with van der Waals surface area (Å²) in [7, 11) is 1.83. The van der Waals surface area contributed by atoms with Gasteiger partial charge in [0.05, 0.1) is 6.10 Å². The zero-order valence-corrected chi connectivity index (χ0v) is 10.7. The van der Waals surface area contributed by atoms with Crippen molar-refractivity contribution in [1.29, 1.82) is 0 Å². The van der Waals surface area contributed by atoms with E-state index in [0.717, 1.165) is 19.0 Å². The molecule has 0 spiro atoms. The predicted octanol–water partition coefficient (Wildman–Crippen LogP) is 1.61. The maximum absolute atomic E-state index is 6.09. The second kappa shape index (κ2) is 5.03. The van der Waals surface area contributed by atoms with Crippen LogP contribution in [0.2, 0.25) is 0 Å². The minimum absolute atomic E-state index is 0.275. The fourth-order valence-corrected chi connectivity index (χ4v) is 3.37. The molecule has 16 heavy (non-hydrogen) atoms. The van der Waals surface area contributed by atoms with Crippen LogP contribution >= 0.6 is 0 Å².